The number of carbonyl (C=O) groups is 1. The first-order chi connectivity index (χ1) is 9.14. The van der Waals surface area contributed by atoms with E-state index in [-0.39, 0.29) is 11.0 Å². The van der Waals surface area contributed by atoms with E-state index in [0.29, 0.717) is 13.1 Å². The summed E-state index contributed by atoms with van der Waals surface area (Å²) in [6.45, 7) is 3.17. The van der Waals surface area contributed by atoms with E-state index in [1.165, 1.54) is 0 Å². The van der Waals surface area contributed by atoms with Crippen molar-refractivity contribution in [1.29, 1.82) is 0 Å². The van der Waals surface area contributed by atoms with Crippen LogP contribution in [0.2, 0.25) is 0 Å². The Balaban J connectivity index is 2.60. The number of aliphatic carboxylic acids is 1. The Morgan fingerprint density at radius 2 is 2.32 bits per heavy atom. The molecule has 5 heteroatoms. The number of nitrogens with two attached hydrogens (primary N) is 1. The average Bonchev–Trinajstić information content (AvgIpc) is 2.71. The lowest BCUT2D eigenvalue weighted by molar-refractivity contribution is -0.778. The molecule has 0 spiro atoms. The first-order valence-corrected chi connectivity index (χ1v) is 6.83. The van der Waals surface area contributed by atoms with Crippen LogP contribution in [0.1, 0.15) is 32.6 Å². The SMILES string of the molecule is CC/C=C/CCCC1=NC=C[N+]1(CCN)CC(=O)O. The molecule has 106 valence electrons. The minimum Gasteiger partial charge on any atom is -0.477 e. The van der Waals surface area contributed by atoms with Crippen LogP contribution in [0.25, 0.3) is 0 Å². The molecule has 0 saturated carbocycles. The third-order valence-electron chi connectivity index (χ3n) is 3.21. The second kappa shape index (κ2) is 7.86. The lowest BCUT2D eigenvalue weighted by Gasteiger charge is -2.30. The number of carboxylic acid groups (broad SMARTS) is 1. The van der Waals surface area contributed by atoms with E-state index in [1.54, 1.807) is 6.20 Å². The molecule has 0 amide bonds. The average molecular weight is 266 g/mol. The molecule has 1 heterocycles. The number of amidine groups is 1. The molecule has 0 fully saturated rings. The van der Waals surface area contributed by atoms with Gasteiger partial charge in [-0.15, -0.1) is 0 Å². The summed E-state index contributed by atoms with van der Waals surface area (Å²) < 4.78 is 0.281. The molecular weight excluding hydrogens is 242 g/mol. The van der Waals surface area contributed by atoms with Crippen molar-refractivity contribution in [2.75, 3.05) is 19.6 Å². The van der Waals surface area contributed by atoms with Gasteiger partial charge in [-0.1, -0.05) is 19.1 Å². The summed E-state index contributed by atoms with van der Waals surface area (Å²) in [4.78, 5) is 15.4. The van der Waals surface area contributed by atoms with E-state index >= 15 is 0 Å². The first-order valence-electron chi connectivity index (χ1n) is 6.83. The van der Waals surface area contributed by atoms with E-state index in [2.05, 4.69) is 24.1 Å². The molecule has 0 aromatic heterocycles. The molecule has 0 radical (unpaired) electrons. The van der Waals surface area contributed by atoms with Crippen LogP contribution in [-0.2, 0) is 4.79 Å². The molecule has 0 saturated heterocycles. The zero-order valence-electron chi connectivity index (χ0n) is 11.6. The molecule has 1 atom stereocenters. The Bertz CT molecular complexity index is 388. The number of unbranched alkanes of at least 4 members (excludes halogenated alkanes) is 1. The summed E-state index contributed by atoms with van der Waals surface area (Å²) in [7, 11) is 0. The quantitative estimate of drug-likeness (QED) is 0.380. The Hall–Kier alpha value is -1.46. The lowest BCUT2D eigenvalue weighted by atomic mass is 10.1. The van der Waals surface area contributed by atoms with Crippen LogP contribution in [0.5, 0.6) is 0 Å². The van der Waals surface area contributed by atoms with Crippen molar-refractivity contribution < 1.29 is 14.4 Å². The Morgan fingerprint density at radius 1 is 1.53 bits per heavy atom. The molecule has 1 unspecified atom stereocenters. The largest absolute Gasteiger partial charge is 0.477 e. The second-order valence-corrected chi connectivity index (χ2v) is 4.71. The third-order valence-corrected chi connectivity index (χ3v) is 3.21. The minimum absolute atomic E-state index is 0.0251. The molecule has 1 rings (SSSR count). The number of quaternary nitrogens is 1. The number of carboxylic acids is 1. The highest BCUT2D eigenvalue weighted by Gasteiger charge is 2.36. The monoisotopic (exact) mass is 266 g/mol. The standard InChI is InChI=1S/C14H23N3O2/c1-2-3-4-5-6-7-13-16-9-11-17(13,10-8-15)12-14(18)19/h3-4,9,11H,2,5-8,10,12,15H2,1H3/p+1/b4-3+. The maximum atomic E-state index is 11.0. The highest BCUT2D eigenvalue weighted by Crippen LogP contribution is 2.20. The van der Waals surface area contributed by atoms with Crippen LogP contribution in [0, 0.1) is 0 Å². The van der Waals surface area contributed by atoms with Gasteiger partial charge in [0.15, 0.2) is 6.54 Å². The molecule has 1 aliphatic rings. The van der Waals surface area contributed by atoms with Crippen LogP contribution >= 0.6 is 0 Å². The normalized spacial score (nSPS) is 22.1. The van der Waals surface area contributed by atoms with Gasteiger partial charge in [-0.05, 0) is 19.3 Å². The summed E-state index contributed by atoms with van der Waals surface area (Å²) >= 11 is 0. The van der Waals surface area contributed by atoms with Crippen molar-refractivity contribution in [3.63, 3.8) is 0 Å². The minimum atomic E-state index is -0.821. The molecule has 1 aliphatic heterocycles. The maximum Gasteiger partial charge on any atom is 0.360 e. The summed E-state index contributed by atoms with van der Waals surface area (Å²) in [5, 5.41) is 9.07. The number of rotatable bonds is 9. The van der Waals surface area contributed by atoms with Gasteiger partial charge in [-0.2, -0.15) is 0 Å². The first kappa shape index (κ1) is 15.6. The summed E-state index contributed by atoms with van der Waals surface area (Å²) in [5.41, 5.74) is 5.62. The van der Waals surface area contributed by atoms with E-state index in [9.17, 15) is 4.79 Å². The van der Waals surface area contributed by atoms with Gasteiger partial charge in [0.05, 0.1) is 6.20 Å². The molecule has 5 nitrogen and oxygen atoms in total. The van der Waals surface area contributed by atoms with Gasteiger partial charge in [-0.3, -0.25) is 0 Å². The van der Waals surface area contributed by atoms with Crippen molar-refractivity contribution in [2.24, 2.45) is 10.7 Å². The second-order valence-electron chi connectivity index (χ2n) is 4.71. The number of aliphatic imine (C=N–C) groups is 1. The number of allylic oxidation sites excluding steroid dienone is 2. The molecule has 19 heavy (non-hydrogen) atoms. The number of nitrogens with zero attached hydrogens (tertiary/aromatic N) is 2. The van der Waals surface area contributed by atoms with E-state index < -0.39 is 5.97 Å². The van der Waals surface area contributed by atoms with E-state index in [1.807, 2.05) is 6.20 Å². The fourth-order valence-corrected chi connectivity index (χ4v) is 2.30. The molecule has 0 aromatic carbocycles. The van der Waals surface area contributed by atoms with Crippen LogP contribution < -0.4 is 5.73 Å². The highest BCUT2D eigenvalue weighted by molar-refractivity contribution is 5.81. The zero-order valence-corrected chi connectivity index (χ0v) is 11.6. The predicted molar refractivity (Wildman–Crippen MR) is 76.5 cm³/mol. The van der Waals surface area contributed by atoms with Gasteiger partial charge in [0, 0.05) is 13.0 Å². The topological polar surface area (TPSA) is 75.7 Å². The molecule has 0 bridgehead atoms. The van der Waals surface area contributed by atoms with Crippen LogP contribution in [-0.4, -0.2) is 41.0 Å². The van der Waals surface area contributed by atoms with Gasteiger partial charge in [0.2, 0.25) is 5.84 Å². The van der Waals surface area contributed by atoms with E-state index in [4.69, 9.17) is 10.8 Å². The maximum absolute atomic E-state index is 11.0. The van der Waals surface area contributed by atoms with Crippen molar-refractivity contribution in [3.8, 4) is 0 Å². The Morgan fingerprint density at radius 3 is 2.95 bits per heavy atom. The Labute approximate surface area is 114 Å². The summed E-state index contributed by atoms with van der Waals surface area (Å²) in [6, 6.07) is 0. The molecule has 3 N–H and O–H groups in total. The highest BCUT2D eigenvalue weighted by atomic mass is 16.4. The fourth-order valence-electron chi connectivity index (χ4n) is 2.30. The van der Waals surface area contributed by atoms with Crippen molar-refractivity contribution >= 4 is 11.8 Å². The predicted octanol–water partition coefficient (Wildman–Crippen LogP) is 1.87. The third kappa shape index (κ3) is 4.61. The summed E-state index contributed by atoms with van der Waals surface area (Å²) in [6.07, 6.45) is 11.7. The Kier molecular flexibility index (Phi) is 6.45. The fraction of sp³-hybridized carbons (Fsp3) is 0.571. The van der Waals surface area contributed by atoms with Gasteiger partial charge >= 0.3 is 5.97 Å². The number of hydrogen-bond acceptors (Lipinski definition) is 3. The smallest absolute Gasteiger partial charge is 0.360 e. The van der Waals surface area contributed by atoms with Crippen molar-refractivity contribution in [3.05, 3.63) is 24.6 Å². The van der Waals surface area contributed by atoms with E-state index in [0.717, 1.165) is 31.5 Å². The zero-order chi connectivity index (χ0) is 14.1. The van der Waals surface area contributed by atoms with Crippen LogP contribution in [0.15, 0.2) is 29.5 Å². The van der Waals surface area contributed by atoms with Gasteiger partial charge in [-0.25, -0.2) is 14.3 Å². The molecular formula is C14H24N3O2+. The van der Waals surface area contributed by atoms with Gasteiger partial charge < -0.3 is 10.8 Å². The molecule has 0 aliphatic carbocycles. The van der Waals surface area contributed by atoms with Crippen LogP contribution in [0.4, 0.5) is 0 Å². The lowest BCUT2D eigenvalue weighted by Crippen LogP contribution is -2.52. The van der Waals surface area contributed by atoms with Gasteiger partial charge in [0.25, 0.3) is 0 Å². The van der Waals surface area contributed by atoms with Crippen molar-refractivity contribution in [2.45, 2.75) is 32.6 Å². The van der Waals surface area contributed by atoms with Gasteiger partial charge in [0.1, 0.15) is 12.7 Å². The molecule has 0 aromatic rings. The summed E-state index contributed by atoms with van der Waals surface area (Å²) in [5.74, 6) is 0.0938. The van der Waals surface area contributed by atoms with Crippen molar-refractivity contribution in [1.82, 2.24) is 0 Å². The number of hydrogen-bond donors (Lipinski definition) is 2. The van der Waals surface area contributed by atoms with Crippen LogP contribution in [0.3, 0.4) is 0 Å².